The maximum Gasteiger partial charge on any atom is 0.131 e. The molecule has 4 heteroatoms. The van der Waals surface area contributed by atoms with Crippen LogP contribution in [0.4, 0.5) is 4.39 Å². The van der Waals surface area contributed by atoms with Crippen LogP contribution in [0.3, 0.4) is 0 Å². The summed E-state index contributed by atoms with van der Waals surface area (Å²) in [5.41, 5.74) is 0.724. The Morgan fingerprint density at radius 2 is 2.10 bits per heavy atom. The molecule has 2 unspecified atom stereocenters. The van der Waals surface area contributed by atoms with Crippen molar-refractivity contribution in [2.75, 3.05) is 26.7 Å². The minimum Gasteiger partial charge on any atom is -0.497 e. The Morgan fingerprint density at radius 3 is 2.65 bits per heavy atom. The Hall–Kier alpha value is -1.13. The van der Waals surface area contributed by atoms with E-state index in [0.29, 0.717) is 11.8 Å². The maximum atomic E-state index is 14.1. The van der Waals surface area contributed by atoms with Gasteiger partial charge in [0.05, 0.1) is 7.11 Å². The van der Waals surface area contributed by atoms with Crippen molar-refractivity contribution < 1.29 is 9.13 Å². The van der Waals surface area contributed by atoms with Crippen LogP contribution < -0.4 is 10.1 Å². The quantitative estimate of drug-likeness (QED) is 0.916. The molecule has 0 saturated carbocycles. The third kappa shape index (κ3) is 2.67. The van der Waals surface area contributed by atoms with E-state index >= 15 is 0 Å². The number of hydrogen-bond acceptors (Lipinski definition) is 3. The molecule has 1 aromatic carbocycles. The van der Waals surface area contributed by atoms with E-state index in [1.54, 1.807) is 7.11 Å². The average Bonchev–Trinajstić information content (AvgIpc) is 2.48. The van der Waals surface area contributed by atoms with Crippen LogP contribution in [0.5, 0.6) is 5.75 Å². The van der Waals surface area contributed by atoms with Crippen molar-refractivity contribution in [3.63, 3.8) is 0 Å². The highest BCUT2D eigenvalue weighted by Gasteiger charge is 2.34. The van der Waals surface area contributed by atoms with Crippen LogP contribution in [-0.2, 0) is 0 Å². The van der Waals surface area contributed by atoms with Crippen molar-refractivity contribution in [3.05, 3.63) is 29.6 Å². The van der Waals surface area contributed by atoms with Gasteiger partial charge in [-0.3, -0.25) is 0 Å². The molecule has 0 spiro atoms. The molecular weight excluding hydrogens is 255 g/mol. The lowest BCUT2D eigenvalue weighted by molar-refractivity contribution is 0.0678. The Labute approximate surface area is 120 Å². The van der Waals surface area contributed by atoms with E-state index in [1.807, 2.05) is 19.1 Å². The number of rotatable bonds is 4. The third-order valence-electron chi connectivity index (χ3n) is 4.79. The second kappa shape index (κ2) is 5.70. The van der Waals surface area contributed by atoms with Gasteiger partial charge in [0.15, 0.2) is 0 Å². The summed E-state index contributed by atoms with van der Waals surface area (Å²) in [7, 11) is 1.56. The summed E-state index contributed by atoms with van der Waals surface area (Å²) >= 11 is 0. The number of fused-ring (bicyclic) bond motifs is 3. The lowest BCUT2D eigenvalue weighted by Crippen LogP contribution is -2.56. The van der Waals surface area contributed by atoms with Crippen LogP contribution in [-0.4, -0.2) is 37.7 Å². The summed E-state index contributed by atoms with van der Waals surface area (Å²) in [4.78, 5) is 2.51. The number of nitrogens with zero attached hydrogens (tertiary/aromatic N) is 1. The van der Waals surface area contributed by atoms with Crippen LogP contribution in [0.15, 0.2) is 18.2 Å². The number of piperidine rings is 3. The zero-order valence-corrected chi connectivity index (χ0v) is 12.2. The van der Waals surface area contributed by atoms with Crippen molar-refractivity contribution in [2.45, 2.75) is 31.8 Å². The summed E-state index contributed by atoms with van der Waals surface area (Å²) in [5, 5.41) is 3.62. The number of hydrogen-bond donors (Lipinski definition) is 1. The molecule has 4 rings (SSSR count). The molecular formula is C16H23FN2O. The van der Waals surface area contributed by atoms with Gasteiger partial charge in [-0.15, -0.1) is 0 Å². The molecule has 0 radical (unpaired) electrons. The fourth-order valence-corrected chi connectivity index (χ4v) is 3.55. The van der Waals surface area contributed by atoms with Crippen LogP contribution in [0.1, 0.15) is 31.4 Å². The van der Waals surface area contributed by atoms with Gasteiger partial charge in [-0.1, -0.05) is 6.07 Å². The first-order chi connectivity index (χ1) is 9.67. The smallest absolute Gasteiger partial charge is 0.131 e. The van der Waals surface area contributed by atoms with Gasteiger partial charge >= 0.3 is 0 Å². The second-order valence-corrected chi connectivity index (χ2v) is 6.02. The van der Waals surface area contributed by atoms with Crippen LogP contribution in [0, 0.1) is 11.7 Å². The molecule has 1 N–H and O–H groups in total. The molecule has 1 aromatic rings. The summed E-state index contributed by atoms with van der Waals surface area (Å²) < 4.78 is 19.2. The molecule has 3 aliphatic rings. The summed E-state index contributed by atoms with van der Waals surface area (Å²) in [6, 6.07) is 5.64. The first-order valence-corrected chi connectivity index (χ1v) is 7.49. The highest BCUT2D eigenvalue weighted by Crippen LogP contribution is 2.30. The van der Waals surface area contributed by atoms with Crippen molar-refractivity contribution in [1.29, 1.82) is 0 Å². The number of halogens is 1. The van der Waals surface area contributed by atoms with E-state index in [9.17, 15) is 4.39 Å². The van der Waals surface area contributed by atoms with Gasteiger partial charge in [-0.2, -0.15) is 0 Å². The van der Waals surface area contributed by atoms with Gasteiger partial charge in [0.25, 0.3) is 0 Å². The maximum absolute atomic E-state index is 14.1. The zero-order chi connectivity index (χ0) is 14.1. The number of nitrogens with one attached hydrogen (secondary N) is 1. The molecule has 110 valence electrons. The lowest BCUT2D eigenvalue weighted by Gasteiger charge is -2.46. The average molecular weight is 278 g/mol. The largest absolute Gasteiger partial charge is 0.497 e. The van der Waals surface area contributed by atoms with Crippen LogP contribution in [0.2, 0.25) is 0 Å². The molecule has 0 amide bonds. The van der Waals surface area contributed by atoms with Gasteiger partial charge < -0.3 is 15.0 Å². The predicted molar refractivity (Wildman–Crippen MR) is 77.5 cm³/mol. The van der Waals surface area contributed by atoms with E-state index in [1.165, 1.54) is 32.0 Å². The molecule has 2 bridgehead atoms. The minimum absolute atomic E-state index is 0.0338. The summed E-state index contributed by atoms with van der Waals surface area (Å²) in [6.45, 7) is 5.61. The monoisotopic (exact) mass is 278 g/mol. The first-order valence-electron chi connectivity index (χ1n) is 7.49. The number of ether oxygens (including phenoxy) is 1. The summed E-state index contributed by atoms with van der Waals surface area (Å²) in [6.07, 6.45) is 2.55. The molecule has 0 aliphatic carbocycles. The van der Waals surface area contributed by atoms with E-state index in [-0.39, 0.29) is 11.9 Å². The molecule has 0 aromatic heterocycles. The normalized spacial score (nSPS) is 30.2. The van der Waals surface area contributed by atoms with E-state index in [2.05, 4.69) is 10.2 Å². The first kappa shape index (κ1) is 13.8. The van der Waals surface area contributed by atoms with E-state index < -0.39 is 0 Å². The Bertz CT molecular complexity index is 472. The SMILES string of the molecule is COc1ccc(C(C)NC2CN3CCC2CC3)c(F)c1. The highest BCUT2D eigenvalue weighted by atomic mass is 19.1. The lowest BCUT2D eigenvalue weighted by atomic mass is 9.83. The Kier molecular flexibility index (Phi) is 3.94. The van der Waals surface area contributed by atoms with Crippen molar-refractivity contribution >= 4 is 0 Å². The van der Waals surface area contributed by atoms with Crippen molar-refractivity contribution in [1.82, 2.24) is 10.2 Å². The standard InChI is InChI=1S/C16H23FN2O/c1-11(14-4-3-13(20-2)9-15(14)17)18-16-10-19-7-5-12(16)6-8-19/h3-4,9,11-12,16,18H,5-8,10H2,1-2H3. The van der Waals surface area contributed by atoms with Crippen LogP contribution in [0.25, 0.3) is 0 Å². The molecule has 3 fully saturated rings. The minimum atomic E-state index is -0.189. The van der Waals surface area contributed by atoms with Gasteiger partial charge in [0, 0.05) is 30.3 Å². The summed E-state index contributed by atoms with van der Waals surface area (Å²) in [5.74, 6) is 1.13. The zero-order valence-electron chi connectivity index (χ0n) is 12.2. The van der Waals surface area contributed by atoms with Gasteiger partial charge in [-0.05, 0) is 44.8 Å². The van der Waals surface area contributed by atoms with Crippen molar-refractivity contribution in [2.24, 2.45) is 5.92 Å². The van der Waals surface area contributed by atoms with Gasteiger partial charge in [0.1, 0.15) is 11.6 Å². The molecule has 20 heavy (non-hydrogen) atoms. The number of benzene rings is 1. The number of methoxy groups -OCH3 is 1. The predicted octanol–water partition coefficient (Wildman–Crippen LogP) is 2.58. The third-order valence-corrected chi connectivity index (χ3v) is 4.79. The topological polar surface area (TPSA) is 24.5 Å². The van der Waals surface area contributed by atoms with Crippen molar-refractivity contribution in [3.8, 4) is 5.75 Å². The van der Waals surface area contributed by atoms with E-state index in [4.69, 9.17) is 4.74 Å². The molecule has 3 nitrogen and oxygen atoms in total. The second-order valence-electron chi connectivity index (χ2n) is 6.02. The van der Waals surface area contributed by atoms with Gasteiger partial charge in [-0.25, -0.2) is 4.39 Å². The van der Waals surface area contributed by atoms with E-state index in [0.717, 1.165) is 18.0 Å². The fourth-order valence-electron chi connectivity index (χ4n) is 3.55. The van der Waals surface area contributed by atoms with Crippen LogP contribution >= 0.6 is 0 Å². The molecule has 3 aliphatic heterocycles. The Morgan fingerprint density at radius 1 is 1.35 bits per heavy atom. The molecule has 2 atom stereocenters. The fraction of sp³-hybridized carbons (Fsp3) is 0.625. The molecule has 3 heterocycles. The highest BCUT2D eigenvalue weighted by molar-refractivity contribution is 5.30. The Balaban J connectivity index is 1.68. The van der Waals surface area contributed by atoms with Gasteiger partial charge in [0.2, 0.25) is 0 Å². The molecule has 3 saturated heterocycles.